The Morgan fingerprint density at radius 3 is 2.61 bits per heavy atom. The van der Waals surface area contributed by atoms with E-state index in [1.807, 2.05) is 66.3 Å². The van der Waals surface area contributed by atoms with Crippen LogP contribution in [0.15, 0.2) is 71.4 Å². The van der Waals surface area contributed by atoms with Gasteiger partial charge in [0.2, 0.25) is 11.8 Å². The third-order valence-corrected chi connectivity index (χ3v) is 5.11. The number of benzene rings is 2. The van der Waals surface area contributed by atoms with Gasteiger partial charge in [-0.05, 0) is 42.3 Å². The summed E-state index contributed by atoms with van der Waals surface area (Å²) in [6, 6.07) is 16.7. The van der Waals surface area contributed by atoms with E-state index in [4.69, 9.17) is 16.0 Å². The predicted octanol–water partition coefficient (Wildman–Crippen LogP) is 4.69. The Balaban J connectivity index is 1.47. The number of carbonyl (C=O) groups excluding carboxylic acids is 1. The molecule has 2 aromatic carbocycles. The summed E-state index contributed by atoms with van der Waals surface area (Å²) in [4.78, 5) is 14.8. The summed E-state index contributed by atoms with van der Waals surface area (Å²) in [6.45, 7) is 3.50. The molecule has 158 valence electrons. The first-order valence-electron chi connectivity index (χ1n) is 10.1. The van der Waals surface area contributed by atoms with Crippen molar-refractivity contribution in [3.05, 3.63) is 89.0 Å². The second-order valence-electron chi connectivity index (χ2n) is 7.11. The highest BCUT2D eigenvalue weighted by Crippen LogP contribution is 2.26. The fourth-order valence-corrected chi connectivity index (χ4v) is 3.48. The Labute approximate surface area is 185 Å². The van der Waals surface area contributed by atoms with E-state index in [0.29, 0.717) is 41.0 Å². The van der Waals surface area contributed by atoms with Crippen molar-refractivity contribution in [3.63, 3.8) is 0 Å². The molecule has 2 aromatic heterocycles. The lowest BCUT2D eigenvalue weighted by molar-refractivity contribution is 0.0728. The molecule has 0 spiro atoms. The van der Waals surface area contributed by atoms with Crippen molar-refractivity contribution < 1.29 is 9.21 Å². The van der Waals surface area contributed by atoms with Gasteiger partial charge in [0.25, 0.3) is 5.91 Å². The molecule has 2 heterocycles. The van der Waals surface area contributed by atoms with E-state index < -0.39 is 0 Å². The Morgan fingerprint density at radius 2 is 1.90 bits per heavy atom. The number of hydrogen-bond acceptors (Lipinski definition) is 5. The van der Waals surface area contributed by atoms with Crippen molar-refractivity contribution >= 4 is 17.5 Å². The molecule has 0 atom stereocenters. The maximum absolute atomic E-state index is 13.1. The first kappa shape index (κ1) is 20.8. The molecule has 0 saturated carbocycles. The topological polar surface area (TPSA) is 77.0 Å². The van der Waals surface area contributed by atoms with Crippen LogP contribution >= 0.6 is 11.6 Å². The van der Waals surface area contributed by atoms with Crippen LogP contribution in [0.4, 0.5) is 0 Å². The zero-order valence-electron chi connectivity index (χ0n) is 17.1. The summed E-state index contributed by atoms with van der Waals surface area (Å²) in [5.74, 6) is 0.629. The molecule has 0 aliphatic heterocycles. The van der Waals surface area contributed by atoms with E-state index in [1.165, 1.54) is 0 Å². The van der Waals surface area contributed by atoms with E-state index in [0.717, 1.165) is 12.0 Å². The highest BCUT2D eigenvalue weighted by molar-refractivity contribution is 6.33. The monoisotopic (exact) mass is 435 g/mol. The molecule has 0 N–H and O–H groups in total. The molecule has 8 heteroatoms. The lowest BCUT2D eigenvalue weighted by atomic mass is 10.1. The molecule has 1 amide bonds. The SMILES string of the molecule is CCCN(Cc1nnc(-c2ccccc2Cl)o1)C(=O)c1ccc(Cn2cccn2)cc1. The van der Waals surface area contributed by atoms with E-state index in [2.05, 4.69) is 15.3 Å². The fraction of sp³-hybridized carbons (Fsp3) is 0.217. The molecule has 31 heavy (non-hydrogen) atoms. The van der Waals surface area contributed by atoms with Gasteiger partial charge in [0.1, 0.15) is 0 Å². The first-order chi connectivity index (χ1) is 15.1. The van der Waals surface area contributed by atoms with Crippen molar-refractivity contribution in [3.8, 4) is 11.5 Å². The molecular weight excluding hydrogens is 414 g/mol. The van der Waals surface area contributed by atoms with Crippen LogP contribution in [-0.2, 0) is 13.1 Å². The van der Waals surface area contributed by atoms with Crippen LogP contribution in [0.2, 0.25) is 5.02 Å². The maximum Gasteiger partial charge on any atom is 0.254 e. The van der Waals surface area contributed by atoms with E-state index in [-0.39, 0.29) is 12.5 Å². The Morgan fingerprint density at radius 1 is 1.10 bits per heavy atom. The van der Waals surface area contributed by atoms with Crippen LogP contribution in [-0.4, -0.2) is 37.3 Å². The minimum absolute atomic E-state index is 0.0787. The van der Waals surface area contributed by atoms with Crippen LogP contribution < -0.4 is 0 Å². The van der Waals surface area contributed by atoms with Crippen LogP contribution in [0.25, 0.3) is 11.5 Å². The van der Waals surface area contributed by atoms with Gasteiger partial charge in [-0.15, -0.1) is 10.2 Å². The second kappa shape index (κ2) is 9.57. The highest BCUT2D eigenvalue weighted by atomic mass is 35.5. The minimum Gasteiger partial charge on any atom is -0.419 e. The maximum atomic E-state index is 13.1. The van der Waals surface area contributed by atoms with Crippen LogP contribution in [0.1, 0.15) is 35.2 Å². The van der Waals surface area contributed by atoms with Gasteiger partial charge in [0, 0.05) is 24.5 Å². The Bertz CT molecular complexity index is 1140. The molecule has 0 saturated heterocycles. The summed E-state index contributed by atoms with van der Waals surface area (Å²) in [7, 11) is 0. The van der Waals surface area contributed by atoms with Gasteiger partial charge in [0.15, 0.2) is 0 Å². The molecule has 0 aliphatic carbocycles. The number of nitrogens with zero attached hydrogens (tertiary/aromatic N) is 5. The van der Waals surface area contributed by atoms with Gasteiger partial charge in [0.05, 0.1) is 23.7 Å². The summed E-state index contributed by atoms with van der Waals surface area (Å²) in [6.07, 6.45) is 4.47. The van der Waals surface area contributed by atoms with Crippen LogP contribution in [0, 0.1) is 0 Å². The average molecular weight is 436 g/mol. The van der Waals surface area contributed by atoms with Gasteiger partial charge in [-0.3, -0.25) is 9.48 Å². The molecule has 0 fully saturated rings. The largest absolute Gasteiger partial charge is 0.419 e. The number of rotatable bonds is 8. The van der Waals surface area contributed by atoms with Gasteiger partial charge < -0.3 is 9.32 Å². The highest BCUT2D eigenvalue weighted by Gasteiger charge is 2.19. The number of aromatic nitrogens is 4. The van der Waals surface area contributed by atoms with Gasteiger partial charge in [-0.2, -0.15) is 5.10 Å². The standard InChI is InChI=1S/C23H22ClN5O2/c1-2-13-28(16-21-26-27-22(31-21)19-6-3-4-7-20(19)24)23(30)18-10-8-17(9-11-18)15-29-14-5-12-25-29/h3-12,14H,2,13,15-16H2,1H3. The molecule has 0 aliphatic rings. The Kier molecular flexibility index (Phi) is 6.43. The predicted molar refractivity (Wildman–Crippen MR) is 118 cm³/mol. The van der Waals surface area contributed by atoms with Crippen molar-refractivity contribution in [2.24, 2.45) is 0 Å². The van der Waals surface area contributed by atoms with E-state index in [1.54, 1.807) is 17.2 Å². The smallest absolute Gasteiger partial charge is 0.254 e. The molecule has 0 bridgehead atoms. The lowest BCUT2D eigenvalue weighted by Crippen LogP contribution is -2.31. The van der Waals surface area contributed by atoms with E-state index >= 15 is 0 Å². The molecule has 4 rings (SSSR count). The van der Waals surface area contributed by atoms with Crippen LogP contribution in [0.3, 0.4) is 0 Å². The average Bonchev–Trinajstić information content (AvgIpc) is 3.46. The van der Waals surface area contributed by atoms with Crippen molar-refractivity contribution in [1.82, 2.24) is 24.9 Å². The lowest BCUT2D eigenvalue weighted by Gasteiger charge is -2.20. The van der Waals surface area contributed by atoms with Crippen molar-refractivity contribution in [1.29, 1.82) is 0 Å². The third kappa shape index (κ3) is 5.00. The summed E-state index contributed by atoms with van der Waals surface area (Å²) >= 11 is 6.21. The number of hydrogen-bond donors (Lipinski definition) is 0. The Hall–Kier alpha value is -3.45. The normalized spacial score (nSPS) is 10.9. The van der Waals surface area contributed by atoms with Crippen LogP contribution in [0.5, 0.6) is 0 Å². The summed E-state index contributed by atoms with van der Waals surface area (Å²) in [5.41, 5.74) is 2.36. The number of halogens is 1. The van der Waals surface area contributed by atoms with Crippen molar-refractivity contribution in [2.45, 2.75) is 26.4 Å². The zero-order valence-corrected chi connectivity index (χ0v) is 17.9. The van der Waals surface area contributed by atoms with Gasteiger partial charge in [-0.25, -0.2) is 0 Å². The van der Waals surface area contributed by atoms with Crippen molar-refractivity contribution in [2.75, 3.05) is 6.54 Å². The quantitative estimate of drug-likeness (QED) is 0.401. The minimum atomic E-state index is -0.0787. The number of amides is 1. The summed E-state index contributed by atoms with van der Waals surface area (Å²) < 4.78 is 7.62. The molecule has 4 aromatic rings. The fourth-order valence-electron chi connectivity index (χ4n) is 3.26. The van der Waals surface area contributed by atoms with Gasteiger partial charge in [-0.1, -0.05) is 42.8 Å². The van der Waals surface area contributed by atoms with Gasteiger partial charge >= 0.3 is 0 Å². The third-order valence-electron chi connectivity index (χ3n) is 4.78. The second-order valence-corrected chi connectivity index (χ2v) is 7.52. The zero-order chi connectivity index (χ0) is 21.6. The summed E-state index contributed by atoms with van der Waals surface area (Å²) in [5, 5.41) is 12.9. The number of carbonyl (C=O) groups is 1. The molecular formula is C23H22ClN5O2. The molecule has 0 unspecified atom stereocenters. The molecule has 0 radical (unpaired) electrons. The van der Waals surface area contributed by atoms with E-state index in [9.17, 15) is 4.79 Å². The molecule has 7 nitrogen and oxygen atoms in total. The first-order valence-corrected chi connectivity index (χ1v) is 10.4.